The summed E-state index contributed by atoms with van der Waals surface area (Å²) in [6, 6.07) is -0.187. The molecule has 0 saturated heterocycles. The normalized spacial score (nSPS) is 14.0. The second-order valence-corrected chi connectivity index (χ2v) is 4.47. The second-order valence-electron chi connectivity index (χ2n) is 4.47. The van der Waals surface area contributed by atoms with Gasteiger partial charge in [-0.05, 0) is 44.2 Å². The molecular weight excluding hydrogens is 242 g/mol. The van der Waals surface area contributed by atoms with Crippen molar-refractivity contribution in [2.45, 2.75) is 52.4 Å². The van der Waals surface area contributed by atoms with Crippen molar-refractivity contribution < 1.29 is 4.79 Å². The first-order valence-electron chi connectivity index (χ1n) is 7.13. The summed E-state index contributed by atoms with van der Waals surface area (Å²) >= 11 is 0. The van der Waals surface area contributed by atoms with Gasteiger partial charge in [-0.15, -0.1) is 0 Å². The number of rotatable bonds is 4. The lowest BCUT2D eigenvalue weighted by Crippen LogP contribution is -2.42. The van der Waals surface area contributed by atoms with Crippen LogP contribution in [0.3, 0.4) is 0 Å². The SMILES string of the molecule is CCCNC(=O)NC(NN)=C1CCCCC1.CCN. The number of amides is 2. The van der Waals surface area contributed by atoms with Gasteiger partial charge >= 0.3 is 6.03 Å². The Balaban J connectivity index is 0.000000982. The first-order chi connectivity index (χ1) is 9.19. The Morgan fingerprint density at radius 1 is 1.21 bits per heavy atom. The molecule has 0 spiro atoms. The van der Waals surface area contributed by atoms with Crippen LogP contribution in [0.2, 0.25) is 0 Å². The zero-order valence-electron chi connectivity index (χ0n) is 12.2. The van der Waals surface area contributed by atoms with E-state index in [1.54, 1.807) is 0 Å². The molecule has 0 aromatic carbocycles. The summed E-state index contributed by atoms with van der Waals surface area (Å²) in [5.41, 5.74) is 8.66. The molecule has 1 fully saturated rings. The molecule has 0 heterocycles. The van der Waals surface area contributed by atoms with E-state index in [1.165, 1.54) is 24.8 Å². The fraction of sp³-hybridized carbons (Fsp3) is 0.769. The zero-order valence-corrected chi connectivity index (χ0v) is 12.2. The molecule has 1 saturated carbocycles. The second kappa shape index (κ2) is 11.8. The fourth-order valence-corrected chi connectivity index (χ4v) is 1.85. The van der Waals surface area contributed by atoms with Crippen LogP contribution in [-0.2, 0) is 0 Å². The smallest absolute Gasteiger partial charge is 0.320 e. The van der Waals surface area contributed by atoms with E-state index in [4.69, 9.17) is 11.6 Å². The van der Waals surface area contributed by atoms with Gasteiger partial charge in [0.2, 0.25) is 0 Å². The highest BCUT2D eigenvalue weighted by Gasteiger charge is 2.12. The number of urea groups is 1. The minimum absolute atomic E-state index is 0.187. The van der Waals surface area contributed by atoms with E-state index in [9.17, 15) is 4.79 Å². The van der Waals surface area contributed by atoms with Crippen LogP contribution >= 0.6 is 0 Å². The molecule has 0 unspecified atom stereocenters. The number of hydrogen-bond donors (Lipinski definition) is 5. The van der Waals surface area contributed by atoms with Crippen LogP contribution in [0, 0.1) is 0 Å². The molecule has 1 rings (SSSR count). The number of nitrogens with two attached hydrogens (primary N) is 2. The predicted molar refractivity (Wildman–Crippen MR) is 79.0 cm³/mol. The third-order valence-corrected chi connectivity index (χ3v) is 2.73. The summed E-state index contributed by atoms with van der Waals surface area (Å²) in [6.07, 6.45) is 6.59. The van der Waals surface area contributed by atoms with E-state index < -0.39 is 0 Å². The minimum atomic E-state index is -0.187. The molecule has 0 aliphatic heterocycles. The highest BCUT2D eigenvalue weighted by atomic mass is 16.2. The monoisotopic (exact) mass is 271 g/mol. The van der Waals surface area contributed by atoms with E-state index >= 15 is 0 Å². The lowest BCUT2D eigenvalue weighted by Gasteiger charge is -2.19. The highest BCUT2D eigenvalue weighted by molar-refractivity contribution is 5.75. The van der Waals surface area contributed by atoms with E-state index in [-0.39, 0.29) is 6.03 Å². The minimum Gasteiger partial charge on any atom is -0.338 e. The molecule has 6 heteroatoms. The third-order valence-electron chi connectivity index (χ3n) is 2.73. The van der Waals surface area contributed by atoms with Crippen molar-refractivity contribution in [3.63, 3.8) is 0 Å². The lowest BCUT2D eigenvalue weighted by molar-refractivity contribution is 0.242. The molecule has 7 N–H and O–H groups in total. The average molecular weight is 271 g/mol. The Hall–Kier alpha value is -1.27. The van der Waals surface area contributed by atoms with Crippen molar-refractivity contribution in [3.8, 4) is 0 Å². The quantitative estimate of drug-likeness (QED) is 0.392. The van der Waals surface area contributed by atoms with Crippen LogP contribution in [0.4, 0.5) is 4.79 Å². The van der Waals surface area contributed by atoms with Gasteiger partial charge in [0.05, 0.1) is 0 Å². The van der Waals surface area contributed by atoms with Crippen molar-refractivity contribution in [1.82, 2.24) is 16.1 Å². The summed E-state index contributed by atoms with van der Waals surface area (Å²) in [5.74, 6) is 6.10. The molecule has 0 atom stereocenters. The van der Waals surface area contributed by atoms with E-state index in [0.29, 0.717) is 12.4 Å². The number of carbonyl (C=O) groups is 1. The van der Waals surface area contributed by atoms with Gasteiger partial charge in [-0.2, -0.15) is 0 Å². The van der Waals surface area contributed by atoms with Crippen LogP contribution in [0.15, 0.2) is 11.4 Å². The average Bonchev–Trinajstić information content (AvgIpc) is 2.44. The number of nitrogens with one attached hydrogen (secondary N) is 3. The van der Waals surface area contributed by atoms with Gasteiger partial charge in [-0.1, -0.05) is 20.3 Å². The Kier molecular flexibility index (Phi) is 11.0. The molecule has 1 aliphatic rings. The van der Waals surface area contributed by atoms with Gasteiger partial charge in [0.15, 0.2) is 0 Å². The summed E-state index contributed by atoms with van der Waals surface area (Å²) < 4.78 is 0. The molecule has 2 amide bonds. The van der Waals surface area contributed by atoms with Gasteiger partial charge in [-0.25, -0.2) is 10.6 Å². The van der Waals surface area contributed by atoms with Crippen molar-refractivity contribution in [1.29, 1.82) is 0 Å². The Bertz CT molecular complexity index is 270. The van der Waals surface area contributed by atoms with E-state index in [1.807, 2.05) is 13.8 Å². The highest BCUT2D eigenvalue weighted by Crippen LogP contribution is 2.23. The first-order valence-corrected chi connectivity index (χ1v) is 7.13. The first kappa shape index (κ1) is 17.7. The zero-order chi connectivity index (χ0) is 14.5. The van der Waals surface area contributed by atoms with Crippen LogP contribution < -0.4 is 27.6 Å². The topological polar surface area (TPSA) is 105 Å². The number of hydrazine groups is 1. The third kappa shape index (κ3) is 8.45. The summed E-state index contributed by atoms with van der Waals surface area (Å²) in [6.45, 7) is 5.35. The molecular formula is C13H29N5O. The maximum atomic E-state index is 11.5. The van der Waals surface area contributed by atoms with E-state index in [2.05, 4.69) is 16.1 Å². The Morgan fingerprint density at radius 3 is 2.26 bits per heavy atom. The standard InChI is InChI=1S/C11H22N4O.C2H7N/c1-2-8-13-11(16)14-10(15-12)9-6-4-3-5-7-9;1-2-3/h15H,2-8,12H2,1H3,(H2,13,14,16);2-3H2,1H3. The van der Waals surface area contributed by atoms with Gasteiger partial charge in [0, 0.05) is 6.54 Å². The molecule has 19 heavy (non-hydrogen) atoms. The Labute approximate surface area is 116 Å². The molecule has 6 nitrogen and oxygen atoms in total. The lowest BCUT2D eigenvalue weighted by atomic mass is 9.95. The van der Waals surface area contributed by atoms with Crippen LogP contribution in [0.25, 0.3) is 0 Å². The predicted octanol–water partition coefficient (Wildman–Crippen LogP) is 1.30. The summed E-state index contributed by atoms with van der Waals surface area (Å²) in [5, 5.41) is 5.52. The molecule has 0 aromatic heterocycles. The Morgan fingerprint density at radius 2 is 1.79 bits per heavy atom. The van der Waals surface area contributed by atoms with Gasteiger partial charge in [-0.3, -0.25) is 5.32 Å². The summed E-state index contributed by atoms with van der Waals surface area (Å²) in [4.78, 5) is 11.5. The van der Waals surface area contributed by atoms with Crippen molar-refractivity contribution in [2.75, 3.05) is 13.1 Å². The molecule has 0 aromatic rings. The number of carbonyl (C=O) groups excluding carboxylic acids is 1. The van der Waals surface area contributed by atoms with Gasteiger partial charge < -0.3 is 16.5 Å². The van der Waals surface area contributed by atoms with Crippen LogP contribution in [0.1, 0.15) is 52.4 Å². The van der Waals surface area contributed by atoms with Crippen LogP contribution in [-0.4, -0.2) is 19.1 Å². The fourth-order valence-electron chi connectivity index (χ4n) is 1.85. The molecule has 1 aliphatic carbocycles. The van der Waals surface area contributed by atoms with Crippen molar-refractivity contribution >= 4 is 6.03 Å². The van der Waals surface area contributed by atoms with Crippen LogP contribution in [0.5, 0.6) is 0 Å². The summed E-state index contributed by atoms with van der Waals surface area (Å²) in [7, 11) is 0. The van der Waals surface area contributed by atoms with Crippen molar-refractivity contribution in [2.24, 2.45) is 11.6 Å². The maximum Gasteiger partial charge on any atom is 0.320 e. The van der Waals surface area contributed by atoms with Crippen molar-refractivity contribution in [3.05, 3.63) is 11.4 Å². The molecule has 0 radical (unpaired) electrons. The maximum absolute atomic E-state index is 11.5. The van der Waals surface area contributed by atoms with Gasteiger partial charge in [0.1, 0.15) is 5.82 Å². The number of hydrogen-bond acceptors (Lipinski definition) is 4. The van der Waals surface area contributed by atoms with E-state index in [0.717, 1.165) is 25.8 Å². The molecule has 112 valence electrons. The number of allylic oxidation sites excluding steroid dienone is 1. The van der Waals surface area contributed by atoms with Gasteiger partial charge in [0.25, 0.3) is 0 Å². The largest absolute Gasteiger partial charge is 0.338 e. The molecule has 0 bridgehead atoms.